The third-order valence-corrected chi connectivity index (χ3v) is 4.30. The van der Waals surface area contributed by atoms with Gasteiger partial charge in [0.1, 0.15) is 10.8 Å². The molecule has 1 heterocycles. The lowest BCUT2D eigenvalue weighted by molar-refractivity contribution is -0.131. The van der Waals surface area contributed by atoms with Crippen LogP contribution in [0, 0.1) is 6.92 Å². The Balaban J connectivity index is 2.79. The first-order valence-electron chi connectivity index (χ1n) is 5.09. The van der Waals surface area contributed by atoms with Crippen LogP contribution in [0.15, 0.2) is 6.07 Å². The van der Waals surface area contributed by atoms with Gasteiger partial charge in [0.25, 0.3) is 0 Å². The van der Waals surface area contributed by atoms with E-state index >= 15 is 0 Å². The molecule has 0 saturated heterocycles. The molecular weight excluding hydrogens is 295 g/mol. The topological polar surface area (TPSA) is 35.5 Å². The normalized spacial score (nSPS) is 10.7. The fourth-order valence-electron chi connectivity index (χ4n) is 1.68. The Kier molecular flexibility index (Phi) is 3.71. The molecule has 0 radical (unpaired) electrons. The van der Waals surface area contributed by atoms with E-state index in [0.717, 1.165) is 9.58 Å². The van der Waals surface area contributed by atoms with Gasteiger partial charge in [-0.1, -0.05) is 23.2 Å². The van der Waals surface area contributed by atoms with Crippen molar-refractivity contribution in [1.82, 2.24) is 0 Å². The standard InChI is InChI=1S/C12H10Cl2O3S/c1-5-11(17-6(2)15)9-7(13)4-8(16-3)10(14)12(9)18-5/h4H,1-3H3. The summed E-state index contributed by atoms with van der Waals surface area (Å²) in [5, 5.41) is 1.58. The number of aryl methyl sites for hydroxylation is 1. The molecule has 0 aliphatic carbocycles. The average molecular weight is 305 g/mol. The SMILES string of the molecule is COc1cc(Cl)c2c(OC(C)=O)c(C)sc2c1Cl. The molecule has 96 valence electrons. The summed E-state index contributed by atoms with van der Waals surface area (Å²) in [4.78, 5) is 12.0. The number of benzene rings is 1. The zero-order valence-electron chi connectivity index (χ0n) is 9.97. The molecule has 0 aliphatic heterocycles. The van der Waals surface area contributed by atoms with Crippen LogP contribution in [0.25, 0.3) is 10.1 Å². The summed E-state index contributed by atoms with van der Waals surface area (Å²) in [6, 6.07) is 1.62. The summed E-state index contributed by atoms with van der Waals surface area (Å²) < 4.78 is 11.1. The van der Waals surface area contributed by atoms with Crippen LogP contribution in [0.5, 0.6) is 11.5 Å². The van der Waals surface area contributed by atoms with E-state index in [-0.39, 0.29) is 5.97 Å². The van der Waals surface area contributed by atoms with Gasteiger partial charge in [-0.25, -0.2) is 0 Å². The number of hydrogen-bond acceptors (Lipinski definition) is 4. The number of carbonyl (C=O) groups is 1. The first-order valence-corrected chi connectivity index (χ1v) is 6.66. The maximum Gasteiger partial charge on any atom is 0.308 e. The molecule has 18 heavy (non-hydrogen) atoms. The number of thiophene rings is 1. The molecule has 0 atom stereocenters. The molecule has 2 rings (SSSR count). The van der Waals surface area contributed by atoms with Crippen molar-refractivity contribution < 1.29 is 14.3 Å². The number of halogens is 2. The molecule has 0 fully saturated rings. The van der Waals surface area contributed by atoms with Crippen molar-refractivity contribution >= 4 is 50.6 Å². The quantitative estimate of drug-likeness (QED) is 0.769. The Bertz CT molecular complexity index is 634. The van der Waals surface area contributed by atoms with E-state index in [9.17, 15) is 4.79 Å². The van der Waals surface area contributed by atoms with Gasteiger partial charge in [-0.05, 0) is 6.92 Å². The van der Waals surface area contributed by atoms with Gasteiger partial charge in [-0.2, -0.15) is 0 Å². The van der Waals surface area contributed by atoms with Gasteiger partial charge in [0.2, 0.25) is 0 Å². The predicted octanol–water partition coefficient (Wildman–Crippen LogP) is 4.45. The van der Waals surface area contributed by atoms with Crippen molar-refractivity contribution in [2.45, 2.75) is 13.8 Å². The van der Waals surface area contributed by atoms with Gasteiger partial charge >= 0.3 is 5.97 Å². The minimum Gasteiger partial charge on any atom is -0.495 e. The second-order valence-electron chi connectivity index (χ2n) is 3.66. The van der Waals surface area contributed by atoms with Crippen molar-refractivity contribution in [3.05, 3.63) is 21.0 Å². The number of ether oxygens (including phenoxy) is 2. The highest BCUT2D eigenvalue weighted by molar-refractivity contribution is 7.20. The summed E-state index contributed by atoms with van der Waals surface area (Å²) in [5.41, 5.74) is 0. The summed E-state index contributed by atoms with van der Waals surface area (Å²) in [6.07, 6.45) is 0. The smallest absolute Gasteiger partial charge is 0.308 e. The number of methoxy groups -OCH3 is 1. The lowest BCUT2D eigenvalue weighted by Crippen LogP contribution is -2.01. The number of carbonyl (C=O) groups excluding carboxylic acids is 1. The minimum atomic E-state index is -0.388. The van der Waals surface area contributed by atoms with E-state index < -0.39 is 0 Å². The fraction of sp³-hybridized carbons (Fsp3) is 0.250. The molecule has 1 aromatic heterocycles. The van der Waals surface area contributed by atoms with Crippen molar-refractivity contribution in [3.63, 3.8) is 0 Å². The van der Waals surface area contributed by atoms with Crippen LogP contribution in [0.2, 0.25) is 10.0 Å². The first kappa shape index (κ1) is 13.5. The van der Waals surface area contributed by atoms with E-state index in [1.807, 2.05) is 6.92 Å². The Morgan fingerprint density at radius 2 is 2.06 bits per heavy atom. The van der Waals surface area contributed by atoms with Crippen LogP contribution in [0.4, 0.5) is 0 Å². The third-order valence-electron chi connectivity index (χ3n) is 2.41. The number of fused-ring (bicyclic) bond motifs is 1. The molecule has 0 aliphatic rings. The molecule has 0 unspecified atom stereocenters. The lowest BCUT2D eigenvalue weighted by atomic mass is 10.2. The Labute approximate surface area is 118 Å². The van der Waals surface area contributed by atoms with Gasteiger partial charge in [-0.3, -0.25) is 4.79 Å². The van der Waals surface area contributed by atoms with E-state index in [1.54, 1.807) is 6.07 Å². The Hall–Kier alpha value is -0.970. The molecule has 6 heteroatoms. The van der Waals surface area contributed by atoms with E-state index in [4.69, 9.17) is 32.7 Å². The predicted molar refractivity (Wildman–Crippen MR) is 74.4 cm³/mol. The molecule has 0 bridgehead atoms. The van der Waals surface area contributed by atoms with Crippen molar-refractivity contribution in [3.8, 4) is 11.5 Å². The van der Waals surface area contributed by atoms with Crippen LogP contribution in [0.1, 0.15) is 11.8 Å². The number of hydrogen-bond donors (Lipinski definition) is 0. The number of rotatable bonds is 2. The zero-order valence-corrected chi connectivity index (χ0v) is 12.3. The molecule has 0 spiro atoms. The van der Waals surface area contributed by atoms with Crippen LogP contribution in [-0.2, 0) is 4.79 Å². The molecule has 0 N–H and O–H groups in total. The largest absolute Gasteiger partial charge is 0.495 e. The third kappa shape index (κ3) is 2.16. The van der Waals surface area contributed by atoms with Crippen molar-refractivity contribution in [2.24, 2.45) is 0 Å². The molecule has 3 nitrogen and oxygen atoms in total. The maximum atomic E-state index is 11.1. The Morgan fingerprint density at radius 3 is 2.61 bits per heavy atom. The Morgan fingerprint density at radius 1 is 1.39 bits per heavy atom. The summed E-state index contributed by atoms with van der Waals surface area (Å²) in [6.45, 7) is 3.20. The van der Waals surface area contributed by atoms with Crippen molar-refractivity contribution in [1.29, 1.82) is 0 Å². The maximum absolute atomic E-state index is 11.1. The summed E-state index contributed by atoms with van der Waals surface area (Å²) >= 11 is 13.8. The molecule has 2 aromatic rings. The van der Waals surface area contributed by atoms with Crippen LogP contribution < -0.4 is 9.47 Å². The monoisotopic (exact) mass is 304 g/mol. The zero-order chi connectivity index (χ0) is 13.4. The molecule has 1 aromatic carbocycles. The highest BCUT2D eigenvalue weighted by Crippen LogP contribution is 2.48. The van der Waals surface area contributed by atoms with Gasteiger partial charge in [0, 0.05) is 17.9 Å². The molecule has 0 saturated carbocycles. The molecular formula is C12H10Cl2O3S. The highest BCUT2D eigenvalue weighted by Gasteiger charge is 2.20. The average Bonchev–Trinajstić information content (AvgIpc) is 2.61. The second kappa shape index (κ2) is 4.96. The first-order chi connectivity index (χ1) is 8.45. The van der Waals surface area contributed by atoms with Crippen molar-refractivity contribution in [2.75, 3.05) is 7.11 Å². The van der Waals surface area contributed by atoms with Gasteiger partial charge < -0.3 is 9.47 Å². The van der Waals surface area contributed by atoms with E-state index in [0.29, 0.717) is 26.9 Å². The second-order valence-corrected chi connectivity index (χ2v) is 5.67. The van der Waals surface area contributed by atoms with Crippen LogP contribution in [-0.4, -0.2) is 13.1 Å². The van der Waals surface area contributed by atoms with Crippen LogP contribution >= 0.6 is 34.5 Å². The summed E-state index contributed by atoms with van der Waals surface area (Å²) in [5.74, 6) is 0.586. The number of esters is 1. The van der Waals surface area contributed by atoms with E-state index in [1.165, 1.54) is 25.4 Å². The summed E-state index contributed by atoms with van der Waals surface area (Å²) in [7, 11) is 1.52. The van der Waals surface area contributed by atoms with Gasteiger partial charge in [0.05, 0.1) is 22.2 Å². The lowest BCUT2D eigenvalue weighted by Gasteiger charge is -2.06. The van der Waals surface area contributed by atoms with Gasteiger partial charge in [-0.15, -0.1) is 11.3 Å². The minimum absolute atomic E-state index is 0.388. The van der Waals surface area contributed by atoms with Crippen LogP contribution in [0.3, 0.4) is 0 Å². The highest BCUT2D eigenvalue weighted by atomic mass is 35.5. The van der Waals surface area contributed by atoms with E-state index in [2.05, 4.69) is 0 Å². The molecule has 0 amide bonds. The fourth-order valence-corrected chi connectivity index (χ4v) is 3.39. The van der Waals surface area contributed by atoms with Gasteiger partial charge in [0.15, 0.2) is 5.75 Å².